The molecule has 1 saturated heterocycles. The van der Waals surface area contributed by atoms with E-state index in [1.807, 2.05) is 30.3 Å². The summed E-state index contributed by atoms with van der Waals surface area (Å²) >= 11 is 6.31. The highest BCUT2D eigenvalue weighted by Crippen LogP contribution is 2.56. The molecule has 1 aliphatic heterocycles. The molecular weight excluding hydrogens is 562 g/mol. The average molecular weight is 589 g/mol. The van der Waals surface area contributed by atoms with E-state index in [0.29, 0.717) is 11.3 Å². The minimum Gasteiger partial charge on any atom is -0.390 e. The van der Waals surface area contributed by atoms with Crippen molar-refractivity contribution in [3.05, 3.63) is 41.2 Å². The van der Waals surface area contributed by atoms with Crippen LogP contribution in [0.4, 0.5) is 5.82 Å². The van der Waals surface area contributed by atoms with E-state index in [2.05, 4.69) is 25.2 Å². The number of rotatable bonds is 8. The quantitative estimate of drug-likeness (QED) is 0.188. The number of aromatic nitrogens is 5. The highest BCUT2D eigenvalue weighted by Gasteiger charge is 2.45. The predicted molar refractivity (Wildman–Crippen MR) is 136 cm³/mol. The molecule has 14 nitrogen and oxygen atoms in total. The van der Waals surface area contributed by atoms with E-state index in [9.17, 15) is 24.2 Å². The van der Waals surface area contributed by atoms with Crippen LogP contribution in [-0.2, 0) is 13.7 Å². The van der Waals surface area contributed by atoms with E-state index >= 15 is 0 Å². The summed E-state index contributed by atoms with van der Waals surface area (Å²) in [7, 11) is -9.42. The molecule has 0 amide bonds. The summed E-state index contributed by atoms with van der Waals surface area (Å²) in [6.45, 7) is 0.206. The van der Waals surface area contributed by atoms with Crippen molar-refractivity contribution in [2.45, 2.75) is 43.6 Å². The normalized spacial score (nSPS) is 27.7. The third-order valence-electron chi connectivity index (χ3n) is 6.93. The number of hydrogen-bond donors (Lipinski definition) is 5. The van der Waals surface area contributed by atoms with Crippen molar-refractivity contribution in [2.75, 3.05) is 24.0 Å². The Kier molecular flexibility index (Phi) is 7.64. The molecule has 206 valence electrons. The number of benzene rings is 1. The van der Waals surface area contributed by atoms with Crippen molar-refractivity contribution in [3.8, 4) is 0 Å². The number of anilines is 1. The molecule has 1 unspecified atom stereocenters. The van der Waals surface area contributed by atoms with Crippen LogP contribution < -0.4 is 4.90 Å². The molecule has 38 heavy (non-hydrogen) atoms. The molecule has 2 aromatic heterocycles. The van der Waals surface area contributed by atoms with Gasteiger partial charge in [-0.05, 0) is 36.4 Å². The summed E-state index contributed by atoms with van der Waals surface area (Å²) in [6.07, 6.45) is -0.818. The van der Waals surface area contributed by atoms with Crippen LogP contribution in [0.25, 0.3) is 11.2 Å². The van der Waals surface area contributed by atoms with E-state index in [1.54, 1.807) is 0 Å². The first-order chi connectivity index (χ1) is 17.9. The fraction of sp³-hybridized carbons (Fsp3) is 0.524. The molecule has 17 heteroatoms. The van der Waals surface area contributed by atoms with Gasteiger partial charge in [0, 0.05) is 12.5 Å². The molecule has 0 radical (unpaired) electrons. The van der Waals surface area contributed by atoms with Crippen molar-refractivity contribution in [2.24, 2.45) is 5.92 Å². The zero-order chi connectivity index (χ0) is 27.2. The lowest BCUT2D eigenvalue weighted by Gasteiger charge is -2.26. The Morgan fingerprint density at radius 3 is 2.53 bits per heavy atom. The maximum Gasteiger partial charge on any atom is 0.340 e. The van der Waals surface area contributed by atoms with E-state index < -0.39 is 51.9 Å². The molecule has 1 saturated carbocycles. The van der Waals surface area contributed by atoms with Gasteiger partial charge in [0.15, 0.2) is 22.9 Å². The summed E-state index contributed by atoms with van der Waals surface area (Å²) in [5, 5.41) is 29.8. The van der Waals surface area contributed by atoms with Gasteiger partial charge in [-0.2, -0.15) is 9.97 Å². The standard InChI is InChI=1S/C21H27ClN6O8P2/c22-21-23-19(27-8-4-7-14(27)12-5-2-1-3-6-12)16-20(24-21)28(26-25-16)15-9-13(17(29)18(15)30)10-36-38(34,35)11-37(31,32)33/h1-3,5-6,13-15,17-18,29-30H,4,7-11H2,(H,34,35)(H2,31,32,33)/t13-,14-,15-,17-,18+/m1/s1. The van der Waals surface area contributed by atoms with Crippen LogP contribution in [0.3, 0.4) is 0 Å². The van der Waals surface area contributed by atoms with Gasteiger partial charge >= 0.3 is 15.2 Å². The van der Waals surface area contributed by atoms with Crippen LogP contribution in [0.1, 0.15) is 36.9 Å². The molecule has 0 bridgehead atoms. The molecule has 3 heterocycles. The molecule has 2 fully saturated rings. The van der Waals surface area contributed by atoms with Gasteiger partial charge in [0.05, 0.1) is 24.8 Å². The largest absolute Gasteiger partial charge is 0.390 e. The van der Waals surface area contributed by atoms with Gasteiger partial charge in [-0.25, -0.2) is 4.68 Å². The number of hydrogen-bond acceptors (Lipinski definition) is 10. The van der Waals surface area contributed by atoms with Crippen molar-refractivity contribution in [3.63, 3.8) is 0 Å². The van der Waals surface area contributed by atoms with Crippen molar-refractivity contribution in [1.82, 2.24) is 25.0 Å². The van der Waals surface area contributed by atoms with Crippen LogP contribution >= 0.6 is 26.8 Å². The van der Waals surface area contributed by atoms with Gasteiger partial charge < -0.3 is 34.3 Å². The lowest BCUT2D eigenvalue weighted by Crippen LogP contribution is -2.31. The van der Waals surface area contributed by atoms with Crippen molar-refractivity contribution < 1.29 is 38.5 Å². The Bertz CT molecular complexity index is 1410. The first-order valence-corrected chi connectivity index (χ1v) is 15.8. The second-order valence-electron chi connectivity index (χ2n) is 9.57. The number of fused-ring (bicyclic) bond motifs is 1. The Hall–Kier alpha value is -1.99. The second-order valence-corrected chi connectivity index (χ2v) is 13.9. The molecule has 1 aromatic carbocycles. The van der Waals surface area contributed by atoms with E-state index in [4.69, 9.17) is 25.9 Å². The Balaban J connectivity index is 1.41. The van der Waals surface area contributed by atoms with Crippen LogP contribution in [0.5, 0.6) is 0 Å². The van der Waals surface area contributed by atoms with Gasteiger partial charge in [0.25, 0.3) is 0 Å². The number of aliphatic hydroxyl groups is 2. The predicted octanol–water partition coefficient (Wildman–Crippen LogP) is 1.84. The van der Waals surface area contributed by atoms with Gasteiger partial charge in [-0.3, -0.25) is 9.13 Å². The SMILES string of the molecule is O=P(O)(O)CP(=O)(O)OC[C@H]1C[C@@H](n2nnc3c(N4CCC[C@@H]4c4ccccc4)nc(Cl)nc32)[C@H](O)[C@@H]1O. The molecule has 1 aliphatic carbocycles. The maximum absolute atomic E-state index is 12.0. The van der Waals surface area contributed by atoms with E-state index in [0.717, 1.165) is 24.9 Å². The topological polar surface area (TPSA) is 204 Å². The Labute approximate surface area is 221 Å². The monoisotopic (exact) mass is 588 g/mol. The van der Waals surface area contributed by atoms with E-state index in [-0.39, 0.29) is 23.4 Å². The molecule has 5 rings (SSSR count). The fourth-order valence-electron chi connectivity index (χ4n) is 5.25. The lowest BCUT2D eigenvalue weighted by molar-refractivity contribution is -0.00362. The molecule has 6 atom stereocenters. The smallest absolute Gasteiger partial charge is 0.340 e. The Morgan fingerprint density at radius 1 is 1.08 bits per heavy atom. The highest BCUT2D eigenvalue weighted by atomic mass is 35.5. The summed E-state index contributed by atoms with van der Waals surface area (Å²) < 4.78 is 29.3. The second kappa shape index (κ2) is 10.5. The summed E-state index contributed by atoms with van der Waals surface area (Å²) in [6, 6.07) is 9.21. The van der Waals surface area contributed by atoms with Crippen LogP contribution in [0.15, 0.2) is 30.3 Å². The van der Waals surface area contributed by atoms with Crippen LogP contribution in [-0.4, -0.2) is 81.1 Å². The molecule has 3 aromatic rings. The minimum absolute atomic E-state index is 0.0404. The number of nitrogens with zero attached hydrogens (tertiary/aromatic N) is 6. The molecular formula is C21H27ClN6O8P2. The van der Waals surface area contributed by atoms with Crippen molar-refractivity contribution >= 4 is 43.8 Å². The molecule has 0 spiro atoms. The third kappa shape index (κ3) is 5.65. The van der Waals surface area contributed by atoms with Crippen LogP contribution in [0.2, 0.25) is 5.28 Å². The maximum atomic E-state index is 12.0. The lowest BCUT2D eigenvalue weighted by atomic mass is 10.0. The first-order valence-electron chi connectivity index (χ1n) is 11.9. The van der Waals surface area contributed by atoms with Gasteiger partial charge in [0.1, 0.15) is 6.10 Å². The highest BCUT2D eigenvalue weighted by molar-refractivity contribution is 7.70. The van der Waals surface area contributed by atoms with Gasteiger partial charge in [-0.15, -0.1) is 5.10 Å². The van der Waals surface area contributed by atoms with Crippen molar-refractivity contribution in [1.29, 1.82) is 0 Å². The summed E-state index contributed by atoms with van der Waals surface area (Å²) in [5.41, 5.74) is 1.75. The zero-order valence-corrected chi connectivity index (χ0v) is 22.5. The van der Waals surface area contributed by atoms with Gasteiger partial charge in [-0.1, -0.05) is 35.5 Å². The minimum atomic E-state index is -4.80. The third-order valence-corrected chi connectivity index (χ3v) is 10.6. The number of aliphatic hydroxyl groups excluding tert-OH is 2. The van der Waals surface area contributed by atoms with Gasteiger partial charge in [0.2, 0.25) is 5.28 Å². The summed E-state index contributed by atoms with van der Waals surface area (Å²) in [5.74, 6) is -1.67. The average Bonchev–Trinajstić information content (AvgIpc) is 3.55. The van der Waals surface area contributed by atoms with Crippen LogP contribution in [0, 0.1) is 5.92 Å². The molecule has 5 N–H and O–H groups in total. The summed E-state index contributed by atoms with van der Waals surface area (Å²) in [4.78, 5) is 38.5. The number of halogens is 1. The van der Waals surface area contributed by atoms with E-state index in [1.165, 1.54) is 4.68 Å². The Morgan fingerprint density at radius 2 is 1.82 bits per heavy atom. The zero-order valence-electron chi connectivity index (χ0n) is 19.9. The fourth-order valence-corrected chi connectivity index (χ4v) is 8.02. The first kappa shape index (κ1) is 27.6. The molecule has 2 aliphatic rings.